The summed E-state index contributed by atoms with van der Waals surface area (Å²) in [7, 11) is 0. The van der Waals surface area contributed by atoms with Crippen LogP contribution in [-0.4, -0.2) is 6.04 Å². The van der Waals surface area contributed by atoms with E-state index in [9.17, 15) is 0 Å². The average Bonchev–Trinajstić information content (AvgIpc) is 2.58. The molecule has 0 radical (unpaired) electrons. The first-order chi connectivity index (χ1) is 7.58. The first kappa shape index (κ1) is 11.5. The number of hydrogen-bond acceptors (Lipinski definition) is 2. The monoisotopic (exact) mass is 237 g/mol. The number of furan rings is 1. The van der Waals surface area contributed by atoms with Gasteiger partial charge in [0, 0.05) is 28.6 Å². The zero-order chi connectivity index (χ0) is 11.7. The van der Waals surface area contributed by atoms with E-state index in [0.717, 1.165) is 33.7 Å². The van der Waals surface area contributed by atoms with Crippen LogP contribution in [0.15, 0.2) is 22.8 Å². The van der Waals surface area contributed by atoms with Crippen LogP contribution in [0, 0.1) is 6.92 Å². The maximum absolute atomic E-state index is 6.05. The van der Waals surface area contributed by atoms with Gasteiger partial charge in [0.15, 0.2) is 0 Å². The highest BCUT2D eigenvalue weighted by atomic mass is 35.5. The van der Waals surface area contributed by atoms with Gasteiger partial charge in [0.25, 0.3) is 0 Å². The summed E-state index contributed by atoms with van der Waals surface area (Å²) in [6.07, 6.45) is 1.81. The Labute approximate surface area is 101 Å². The molecule has 3 heteroatoms. The van der Waals surface area contributed by atoms with E-state index in [1.54, 1.807) is 0 Å². The van der Waals surface area contributed by atoms with Gasteiger partial charge in [-0.05, 0) is 24.6 Å². The summed E-state index contributed by atoms with van der Waals surface area (Å²) in [5, 5.41) is 5.25. The number of hydrogen-bond donors (Lipinski definition) is 1. The summed E-state index contributed by atoms with van der Waals surface area (Å²) in [5.41, 5.74) is 3.18. The fourth-order valence-corrected chi connectivity index (χ4v) is 2.04. The largest absolute Gasteiger partial charge is 0.464 e. The lowest BCUT2D eigenvalue weighted by molar-refractivity contribution is 0.572. The van der Waals surface area contributed by atoms with Gasteiger partial charge in [-0.3, -0.25) is 0 Å². The van der Waals surface area contributed by atoms with E-state index in [-0.39, 0.29) is 0 Å². The molecule has 0 unspecified atom stereocenters. The van der Waals surface area contributed by atoms with E-state index in [1.165, 1.54) is 0 Å². The SMILES string of the molecule is Cc1cc(Cl)cc2c(CNC(C)C)coc12. The topological polar surface area (TPSA) is 25.2 Å². The van der Waals surface area contributed by atoms with Crippen LogP contribution in [0.25, 0.3) is 11.0 Å². The second-order valence-corrected chi connectivity index (χ2v) is 4.83. The molecule has 0 bridgehead atoms. The fraction of sp³-hybridized carbons (Fsp3) is 0.385. The minimum absolute atomic E-state index is 0.463. The summed E-state index contributed by atoms with van der Waals surface area (Å²) < 4.78 is 5.57. The minimum atomic E-state index is 0.463. The van der Waals surface area contributed by atoms with Gasteiger partial charge in [-0.15, -0.1) is 0 Å². The molecular formula is C13H16ClNO. The number of fused-ring (bicyclic) bond motifs is 1. The second-order valence-electron chi connectivity index (χ2n) is 4.40. The van der Waals surface area contributed by atoms with Gasteiger partial charge in [0.2, 0.25) is 0 Å². The molecule has 2 aromatic rings. The van der Waals surface area contributed by atoms with Crippen LogP contribution in [0.4, 0.5) is 0 Å². The third-order valence-corrected chi connectivity index (χ3v) is 2.82. The fourth-order valence-electron chi connectivity index (χ4n) is 1.77. The van der Waals surface area contributed by atoms with Crippen molar-refractivity contribution < 1.29 is 4.42 Å². The molecule has 86 valence electrons. The Morgan fingerprint density at radius 3 is 2.81 bits per heavy atom. The zero-order valence-corrected chi connectivity index (χ0v) is 10.6. The third-order valence-electron chi connectivity index (χ3n) is 2.61. The van der Waals surface area contributed by atoms with Crippen molar-refractivity contribution in [2.45, 2.75) is 33.4 Å². The van der Waals surface area contributed by atoms with E-state index in [4.69, 9.17) is 16.0 Å². The second kappa shape index (κ2) is 4.48. The predicted octanol–water partition coefficient (Wildman–Crippen LogP) is 3.89. The zero-order valence-electron chi connectivity index (χ0n) is 9.80. The van der Waals surface area contributed by atoms with E-state index >= 15 is 0 Å². The van der Waals surface area contributed by atoms with Crippen molar-refractivity contribution >= 4 is 22.6 Å². The lowest BCUT2D eigenvalue weighted by Gasteiger charge is -2.06. The number of rotatable bonds is 3. The predicted molar refractivity (Wildman–Crippen MR) is 67.9 cm³/mol. The molecule has 0 amide bonds. The van der Waals surface area contributed by atoms with Crippen LogP contribution >= 0.6 is 11.6 Å². The molecule has 1 N–H and O–H groups in total. The van der Waals surface area contributed by atoms with E-state index in [1.807, 2.05) is 25.3 Å². The minimum Gasteiger partial charge on any atom is -0.464 e. The summed E-state index contributed by atoms with van der Waals surface area (Å²) >= 11 is 6.05. The molecule has 0 spiro atoms. The van der Waals surface area contributed by atoms with E-state index in [0.29, 0.717) is 6.04 Å². The molecule has 1 aromatic heterocycles. The molecule has 1 aromatic carbocycles. The summed E-state index contributed by atoms with van der Waals surface area (Å²) in [5.74, 6) is 0. The van der Waals surface area contributed by atoms with Crippen molar-refractivity contribution in [2.24, 2.45) is 0 Å². The van der Waals surface area contributed by atoms with Crippen LogP contribution < -0.4 is 5.32 Å². The van der Waals surface area contributed by atoms with Gasteiger partial charge in [0.05, 0.1) is 6.26 Å². The molecule has 2 nitrogen and oxygen atoms in total. The maximum atomic E-state index is 6.05. The number of benzene rings is 1. The van der Waals surface area contributed by atoms with Gasteiger partial charge in [-0.2, -0.15) is 0 Å². The standard InChI is InChI=1S/C13H16ClNO/c1-8(2)15-6-10-7-16-13-9(3)4-11(14)5-12(10)13/h4-5,7-8,15H,6H2,1-3H3. The summed E-state index contributed by atoms with van der Waals surface area (Å²) in [4.78, 5) is 0. The van der Waals surface area contributed by atoms with Crippen molar-refractivity contribution in [3.05, 3.63) is 34.5 Å². The Bertz CT molecular complexity index is 502. The van der Waals surface area contributed by atoms with Gasteiger partial charge >= 0.3 is 0 Å². The highest BCUT2D eigenvalue weighted by Crippen LogP contribution is 2.27. The Hall–Kier alpha value is -0.990. The Balaban J connectivity index is 2.40. The first-order valence-electron chi connectivity index (χ1n) is 5.47. The van der Waals surface area contributed by atoms with Crippen molar-refractivity contribution in [3.63, 3.8) is 0 Å². The highest BCUT2D eigenvalue weighted by molar-refractivity contribution is 6.31. The summed E-state index contributed by atoms with van der Waals surface area (Å²) in [6, 6.07) is 4.35. The molecule has 0 fully saturated rings. The van der Waals surface area contributed by atoms with Crippen molar-refractivity contribution in [1.82, 2.24) is 5.32 Å². The summed E-state index contributed by atoms with van der Waals surface area (Å²) in [6.45, 7) is 7.07. The van der Waals surface area contributed by atoms with E-state index in [2.05, 4.69) is 19.2 Å². The van der Waals surface area contributed by atoms with Crippen LogP contribution in [-0.2, 0) is 6.54 Å². The Morgan fingerprint density at radius 2 is 2.12 bits per heavy atom. The van der Waals surface area contributed by atoms with Crippen molar-refractivity contribution in [2.75, 3.05) is 0 Å². The third kappa shape index (κ3) is 2.23. The van der Waals surface area contributed by atoms with Crippen LogP contribution in [0.1, 0.15) is 25.0 Å². The van der Waals surface area contributed by atoms with Gasteiger partial charge < -0.3 is 9.73 Å². The molecule has 1 heterocycles. The first-order valence-corrected chi connectivity index (χ1v) is 5.85. The number of halogens is 1. The maximum Gasteiger partial charge on any atom is 0.137 e. The van der Waals surface area contributed by atoms with E-state index < -0.39 is 0 Å². The van der Waals surface area contributed by atoms with Gasteiger partial charge in [0.1, 0.15) is 5.58 Å². The lowest BCUT2D eigenvalue weighted by Crippen LogP contribution is -2.21. The molecule has 2 rings (SSSR count). The molecule has 16 heavy (non-hydrogen) atoms. The van der Waals surface area contributed by atoms with Crippen molar-refractivity contribution in [3.8, 4) is 0 Å². The average molecular weight is 238 g/mol. The van der Waals surface area contributed by atoms with Gasteiger partial charge in [-0.25, -0.2) is 0 Å². The van der Waals surface area contributed by atoms with Crippen LogP contribution in [0.2, 0.25) is 5.02 Å². The molecule has 0 aliphatic rings. The Morgan fingerprint density at radius 1 is 1.38 bits per heavy atom. The molecule has 0 saturated heterocycles. The number of nitrogens with one attached hydrogen (secondary N) is 1. The smallest absolute Gasteiger partial charge is 0.137 e. The van der Waals surface area contributed by atoms with Gasteiger partial charge in [-0.1, -0.05) is 25.4 Å². The quantitative estimate of drug-likeness (QED) is 0.876. The lowest BCUT2D eigenvalue weighted by atomic mass is 10.1. The highest BCUT2D eigenvalue weighted by Gasteiger charge is 2.09. The Kier molecular flexibility index (Phi) is 3.22. The normalized spacial score (nSPS) is 11.6. The van der Waals surface area contributed by atoms with Crippen LogP contribution in [0.5, 0.6) is 0 Å². The number of aryl methyl sites for hydroxylation is 1. The molecule has 0 aliphatic heterocycles. The van der Waals surface area contributed by atoms with Crippen molar-refractivity contribution in [1.29, 1.82) is 0 Å². The van der Waals surface area contributed by atoms with Crippen LogP contribution in [0.3, 0.4) is 0 Å². The molecule has 0 saturated carbocycles. The molecule has 0 atom stereocenters. The molecular weight excluding hydrogens is 222 g/mol. The molecule has 0 aliphatic carbocycles.